The summed E-state index contributed by atoms with van der Waals surface area (Å²) in [6, 6.07) is 24.2. The number of benzene rings is 3. The molecule has 3 aromatic carbocycles. The molecule has 1 amide bonds. The van der Waals surface area contributed by atoms with Gasteiger partial charge >= 0.3 is 0 Å². The predicted molar refractivity (Wildman–Crippen MR) is 168 cm³/mol. The van der Waals surface area contributed by atoms with Crippen molar-refractivity contribution in [3.63, 3.8) is 0 Å². The molecular weight excluding hydrogens is 578 g/mol. The minimum atomic E-state index is 0.136. The molecule has 0 saturated carbocycles. The van der Waals surface area contributed by atoms with E-state index < -0.39 is 0 Å². The SMILES string of the molecule is COc1ccc(Cc2ccc([C@H](C)N3CCN(C4CCN(C(=O)c5ccccc5Br)CC4)C[C@H]3C)cc2)c(OC)c1. The Morgan fingerprint density at radius 3 is 2.34 bits per heavy atom. The Morgan fingerprint density at radius 1 is 0.951 bits per heavy atom. The number of ether oxygens (including phenoxy) is 2. The number of carbonyl (C=O) groups is 1. The summed E-state index contributed by atoms with van der Waals surface area (Å²) in [5, 5.41) is 0. The maximum absolute atomic E-state index is 13.0. The molecule has 0 unspecified atom stereocenters. The van der Waals surface area contributed by atoms with Gasteiger partial charge in [-0.2, -0.15) is 0 Å². The van der Waals surface area contributed by atoms with E-state index in [-0.39, 0.29) is 5.91 Å². The lowest BCUT2D eigenvalue weighted by Crippen LogP contribution is -2.57. The average Bonchev–Trinajstić information content (AvgIpc) is 3.01. The standard InChI is InChI=1S/C34H42BrN3O3/c1-24-23-37(29-15-17-36(18-16-29)34(39)31-7-5-6-8-32(31)35)19-20-38(24)25(2)27-11-9-26(10-12-27)21-28-13-14-30(40-3)22-33(28)41-4/h5-14,22,24-25,29H,15-21,23H2,1-4H3/t24-,25+/m1/s1. The van der Waals surface area contributed by atoms with Gasteiger partial charge in [-0.1, -0.05) is 42.5 Å². The topological polar surface area (TPSA) is 45.2 Å². The first-order chi connectivity index (χ1) is 19.9. The third-order valence-corrected chi connectivity index (χ3v) is 9.62. The fourth-order valence-electron chi connectivity index (χ4n) is 6.47. The van der Waals surface area contributed by atoms with Crippen LogP contribution in [0, 0.1) is 0 Å². The van der Waals surface area contributed by atoms with Gasteiger partial charge in [-0.05, 0) is 77.5 Å². The maximum Gasteiger partial charge on any atom is 0.254 e. The predicted octanol–water partition coefficient (Wildman–Crippen LogP) is 6.43. The number of rotatable bonds is 8. The summed E-state index contributed by atoms with van der Waals surface area (Å²) >= 11 is 3.54. The molecule has 2 atom stereocenters. The highest BCUT2D eigenvalue weighted by Gasteiger charge is 2.34. The van der Waals surface area contributed by atoms with E-state index >= 15 is 0 Å². The van der Waals surface area contributed by atoms with Gasteiger partial charge in [0.05, 0.1) is 19.8 Å². The minimum absolute atomic E-state index is 0.136. The molecule has 5 rings (SSSR count). The number of nitrogens with zero attached hydrogens (tertiary/aromatic N) is 3. The highest BCUT2D eigenvalue weighted by molar-refractivity contribution is 9.10. The molecule has 41 heavy (non-hydrogen) atoms. The number of piperazine rings is 1. The number of piperidine rings is 1. The quantitative estimate of drug-likeness (QED) is 0.291. The molecule has 6 nitrogen and oxygen atoms in total. The first-order valence-electron chi connectivity index (χ1n) is 14.7. The smallest absolute Gasteiger partial charge is 0.254 e. The molecule has 0 aliphatic carbocycles. The highest BCUT2D eigenvalue weighted by Crippen LogP contribution is 2.30. The zero-order chi connectivity index (χ0) is 28.9. The lowest BCUT2D eigenvalue weighted by molar-refractivity contribution is 0.0135. The van der Waals surface area contributed by atoms with Gasteiger partial charge in [-0.15, -0.1) is 0 Å². The molecule has 3 aromatic rings. The van der Waals surface area contributed by atoms with Crippen molar-refractivity contribution in [2.75, 3.05) is 46.9 Å². The highest BCUT2D eigenvalue weighted by atomic mass is 79.9. The zero-order valence-electron chi connectivity index (χ0n) is 24.7. The van der Waals surface area contributed by atoms with E-state index in [1.807, 2.05) is 41.3 Å². The van der Waals surface area contributed by atoms with E-state index in [1.165, 1.54) is 11.1 Å². The molecule has 0 radical (unpaired) electrons. The Kier molecular flexibility index (Phi) is 9.68. The van der Waals surface area contributed by atoms with Gasteiger partial charge in [0.1, 0.15) is 11.5 Å². The second-order valence-electron chi connectivity index (χ2n) is 11.4. The molecule has 218 valence electrons. The Balaban J connectivity index is 1.13. The average molecular weight is 621 g/mol. The van der Waals surface area contributed by atoms with Gasteiger partial charge in [-0.25, -0.2) is 0 Å². The summed E-state index contributed by atoms with van der Waals surface area (Å²) in [5.74, 6) is 1.80. The number of likely N-dealkylation sites (tertiary alicyclic amines) is 1. The van der Waals surface area contributed by atoms with Crippen LogP contribution in [0.3, 0.4) is 0 Å². The van der Waals surface area contributed by atoms with Crippen LogP contribution in [0.4, 0.5) is 0 Å². The van der Waals surface area contributed by atoms with Crippen molar-refractivity contribution in [3.8, 4) is 11.5 Å². The van der Waals surface area contributed by atoms with Gasteiger partial charge in [0.25, 0.3) is 5.91 Å². The molecule has 7 heteroatoms. The number of halogens is 1. The number of methoxy groups -OCH3 is 2. The summed E-state index contributed by atoms with van der Waals surface area (Å²) in [4.78, 5) is 20.4. The molecule has 2 heterocycles. The maximum atomic E-state index is 13.0. The molecule has 0 spiro atoms. The monoisotopic (exact) mass is 619 g/mol. The fraction of sp³-hybridized carbons (Fsp3) is 0.441. The number of carbonyl (C=O) groups excluding carboxylic acids is 1. The lowest BCUT2D eigenvalue weighted by atomic mass is 9.97. The van der Waals surface area contributed by atoms with Crippen LogP contribution in [0.1, 0.15) is 59.8 Å². The van der Waals surface area contributed by atoms with Gasteiger partial charge in [0.15, 0.2) is 0 Å². The van der Waals surface area contributed by atoms with Crippen molar-refractivity contribution in [3.05, 3.63) is 93.5 Å². The lowest BCUT2D eigenvalue weighted by Gasteiger charge is -2.47. The number of hydrogen-bond acceptors (Lipinski definition) is 5. The van der Waals surface area contributed by atoms with Crippen LogP contribution in [0.5, 0.6) is 11.5 Å². The molecule has 2 aliphatic heterocycles. The Labute approximate surface area is 253 Å². The Morgan fingerprint density at radius 2 is 1.68 bits per heavy atom. The molecule has 0 aromatic heterocycles. The van der Waals surface area contributed by atoms with E-state index in [4.69, 9.17) is 9.47 Å². The first kappa shape index (κ1) is 29.6. The van der Waals surface area contributed by atoms with Crippen LogP contribution < -0.4 is 9.47 Å². The molecule has 2 saturated heterocycles. The van der Waals surface area contributed by atoms with Crippen molar-refractivity contribution in [1.82, 2.24) is 14.7 Å². The fourth-order valence-corrected chi connectivity index (χ4v) is 6.92. The molecule has 0 bridgehead atoms. The van der Waals surface area contributed by atoms with Crippen LogP contribution in [-0.2, 0) is 6.42 Å². The summed E-state index contributed by atoms with van der Waals surface area (Å²) in [6.07, 6.45) is 2.90. The van der Waals surface area contributed by atoms with Crippen LogP contribution >= 0.6 is 15.9 Å². The third-order valence-electron chi connectivity index (χ3n) is 8.93. The van der Waals surface area contributed by atoms with E-state index in [9.17, 15) is 4.79 Å². The van der Waals surface area contributed by atoms with Crippen LogP contribution in [-0.4, -0.2) is 79.6 Å². The largest absolute Gasteiger partial charge is 0.497 e. The number of amides is 1. The van der Waals surface area contributed by atoms with Gasteiger partial charge in [-0.3, -0.25) is 14.6 Å². The second-order valence-corrected chi connectivity index (χ2v) is 12.2. The number of hydrogen-bond donors (Lipinski definition) is 0. The zero-order valence-corrected chi connectivity index (χ0v) is 26.3. The van der Waals surface area contributed by atoms with Crippen molar-refractivity contribution >= 4 is 21.8 Å². The summed E-state index contributed by atoms with van der Waals surface area (Å²) in [7, 11) is 3.38. The molecule has 2 fully saturated rings. The Bertz CT molecular complexity index is 1320. The van der Waals surface area contributed by atoms with Gasteiger partial charge in [0, 0.05) is 67.8 Å². The minimum Gasteiger partial charge on any atom is -0.497 e. The summed E-state index contributed by atoms with van der Waals surface area (Å²) in [5.41, 5.74) is 4.54. The van der Waals surface area contributed by atoms with Crippen molar-refractivity contribution in [2.45, 2.75) is 51.2 Å². The first-order valence-corrected chi connectivity index (χ1v) is 15.5. The van der Waals surface area contributed by atoms with Crippen LogP contribution in [0.25, 0.3) is 0 Å². The van der Waals surface area contributed by atoms with Crippen molar-refractivity contribution in [2.24, 2.45) is 0 Å². The van der Waals surface area contributed by atoms with E-state index in [1.54, 1.807) is 14.2 Å². The molecule has 2 aliphatic rings. The van der Waals surface area contributed by atoms with Crippen molar-refractivity contribution < 1.29 is 14.3 Å². The Hall–Kier alpha value is -2.87. The summed E-state index contributed by atoms with van der Waals surface area (Å²) < 4.78 is 11.8. The van der Waals surface area contributed by atoms with Crippen LogP contribution in [0.15, 0.2) is 71.2 Å². The van der Waals surface area contributed by atoms with Crippen LogP contribution in [0.2, 0.25) is 0 Å². The van der Waals surface area contributed by atoms with E-state index in [2.05, 4.69) is 69.9 Å². The van der Waals surface area contributed by atoms with Gasteiger partial charge in [0.2, 0.25) is 0 Å². The van der Waals surface area contributed by atoms with E-state index in [0.29, 0.717) is 18.1 Å². The normalized spacial score (nSPS) is 19.6. The van der Waals surface area contributed by atoms with E-state index in [0.717, 1.165) is 79.1 Å². The molecular formula is C34H42BrN3O3. The molecule has 0 N–H and O–H groups in total. The van der Waals surface area contributed by atoms with Gasteiger partial charge < -0.3 is 14.4 Å². The summed E-state index contributed by atoms with van der Waals surface area (Å²) in [6.45, 7) is 9.55. The van der Waals surface area contributed by atoms with Crippen molar-refractivity contribution in [1.29, 1.82) is 0 Å². The third kappa shape index (κ3) is 6.79. The second kappa shape index (κ2) is 13.4.